The van der Waals surface area contributed by atoms with E-state index in [9.17, 15) is 9.59 Å². The molecule has 1 amide bonds. The molecule has 0 saturated heterocycles. The summed E-state index contributed by atoms with van der Waals surface area (Å²) in [5, 5.41) is 2.92. The van der Waals surface area contributed by atoms with Crippen molar-refractivity contribution in [2.45, 2.75) is 59.0 Å². The van der Waals surface area contributed by atoms with E-state index in [1.165, 1.54) is 0 Å². The van der Waals surface area contributed by atoms with Crippen molar-refractivity contribution in [3.8, 4) is 0 Å². The number of hydrogen-bond acceptors (Lipinski definition) is 4. The molecule has 5 nitrogen and oxygen atoms in total. The van der Waals surface area contributed by atoms with Crippen LogP contribution in [0.15, 0.2) is 24.5 Å². The van der Waals surface area contributed by atoms with E-state index in [0.29, 0.717) is 19.4 Å². The number of pyridine rings is 1. The van der Waals surface area contributed by atoms with Crippen LogP contribution in [-0.4, -0.2) is 23.4 Å². The Morgan fingerprint density at radius 3 is 2.61 bits per heavy atom. The van der Waals surface area contributed by atoms with Gasteiger partial charge in [-0.3, -0.25) is 14.6 Å². The van der Waals surface area contributed by atoms with Gasteiger partial charge in [-0.05, 0) is 25.3 Å². The lowest BCUT2D eigenvalue weighted by Crippen LogP contribution is -2.31. The fourth-order valence-electron chi connectivity index (χ4n) is 2.41. The van der Waals surface area contributed by atoms with Crippen LogP contribution in [-0.2, 0) is 20.9 Å². The molecule has 1 aromatic heterocycles. The lowest BCUT2D eigenvalue weighted by molar-refractivity contribution is -0.145. The average molecular weight is 320 g/mol. The predicted molar refractivity (Wildman–Crippen MR) is 89.6 cm³/mol. The van der Waals surface area contributed by atoms with Gasteiger partial charge in [0.1, 0.15) is 6.61 Å². The van der Waals surface area contributed by atoms with Gasteiger partial charge in [0.05, 0.1) is 0 Å². The summed E-state index contributed by atoms with van der Waals surface area (Å²) < 4.78 is 5.17. The van der Waals surface area contributed by atoms with Crippen LogP contribution in [0.25, 0.3) is 0 Å². The normalized spacial score (nSPS) is 10.6. The maximum Gasteiger partial charge on any atom is 0.306 e. The molecular weight excluding hydrogens is 292 g/mol. The van der Waals surface area contributed by atoms with Gasteiger partial charge in [0.2, 0.25) is 5.91 Å². The first-order chi connectivity index (χ1) is 11.2. The van der Waals surface area contributed by atoms with Crippen LogP contribution < -0.4 is 5.32 Å². The summed E-state index contributed by atoms with van der Waals surface area (Å²) in [5.74, 6) is -0.0401. The zero-order valence-corrected chi connectivity index (χ0v) is 14.2. The molecule has 0 aliphatic carbocycles. The molecular formula is C18H28N2O3. The summed E-state index contributed by atoms with van der Waals surface area (Å²) in [4.78, 5) is 27.7. The lowest BCUT2D eigenvalue weighted by Gasteiger charge is -2.15. The summed E-state index contributed by atoms with van der Waals surface area (Å²) in [6.07, 6.45) is 8.14. The van der Waals surface area contributed by atoms with Crippen LogP contribution in [0.1, 0.15) is 57.9 Å². The number of carbonyl (C=O) groups excluding carboxylic acids is 2. The molecule has 0 aliphatic rings. The van der Waals surface area contributed by atoms with Gasteiger partial charge in [-0.25, -0.2) is 0 Å². The van der Waals surface area contributed by atoms with E-state index in [1.807, 2.05) is 12.1 Å². The number of nitrogens with one attached hydrogen (secondary N) is 1. The zero-order chi connectivity index (χ0) is 16.9. The molecule has 0 aliphatic heterocycles. The first-order valence-corrected chi connectivity index (χ1v) is 8.49. The third kappa shape index (κ3) is 8.33. The maximum absolute atomic E-state index is 12.0. The standard InChI is InChI=1S/C18H28N2O3/c1-3-7-16(8-4-2)18(22)20-12-6-10-17(21)23-14-15-9-5-11-19-13-15/h5,9,11,13,16H,3-4,6-8,10,12,14H2,1-2H3,(H,20,22). The predicted octanol–water partition coefficient (Wildman–Crippen LogP) is 3.24. The molecule has 0 spiro atoms. The number of ether oxygens (including phenoxy) is 1. The lowest BCUT2D eigenvalue weighted by atomic mass is 9.97. The van der Waals surface area contributed by atoms with Crippen LogP contribution in [0.3, 0.4) is 0 Å². The molecule has 0 saturated carbocycles. The molecule has 0 fully saturated rings. The Kier molecular flexibility index (Phi) is 9.68. The molecule has 5 heteroatoms. The first kappa shape index (κ1) is 19.1. The van der Waals surface area contributed by atoms with Crippen LogP contribution in [0, 0.1) is 5.92 Å². The molecule has 1 heterocycles. The SMILES string of the molecule is CCCC(CCC)C(=O)NCCCC(=O)OCc1cccnc1. The minimum atomic E-state index is -0.248. The van der Waals surface area contributed by atoms with Crippen molar-refractivity contribution >= 4 is 11.9 Å². The maximum atomic E-state index is 12.0. The smallest absolute Gasteiger partial charge is 0.306 e. The van der Waals surface area contributed by atoms with E-state index >= 15 is 0 Å². The van der Waals surface area contributed by atoms with Crippen molar-refractivity contribution in [2.24, 2.45) is 5.92 Å². The van der Waals surface area contributed by atoms with Gasteiger partial charge in [-0.2, -0.15) is 0 Å². The molecule has 0 bridgehead atoms. The highest BCUT2D eigenvalue weighted by Gasteiger charge is 2.15. The highest BCUT2D eigenvalue weighted by Crippen LogP contribution is 2.13. The minimum absolute atomic E-state index is 0.0996. The van der Waals surface area contributed by atoms with E-state index in [0.717, 1.165) is 31.2 Å². The van der Waals surface area contributed by atoms with E-state index in [1.54, 1.807) is 12.4 Å². The average Bonchev–Trinajstić information content (AvgIpc) is 2.57. The Morgan fingerprint density at radius 1 is 1.26 bits per heavy atom. The second-order valence-corrected chi connectivity index (χ2v) is 5.69. The molecule has 128 valence electrons. The number of aromatic nitrogens is 1. The van der Waals surface area contributed by atoms with Crippen molar-refractivity contribution in [1.82, 2.24) is 10.3 Å². The zero-order valence-electron chi connectivity index (χ0n) is 14.2. The number of amides is 1. The van der Waals surface area contributed by atoms with Gasteiger partial charge in [-0.1, -0.05) is 32.8 Å². The van der Waals surface area contributed by atoms with E-state index in [2.05, 4.69) is 24.1 Å². The summed E-state index contributed by atoms with van der Waals surface area (Å²) in [6, 6.07) is 3.67. The van der Waals surface area contributed by atoms with Gasteiger partial charge >= 0.3 is 5.97 Å². The fourth-order valence-corrected chi connectivity index (χ4v) is 2.41. The summed E-state index contributed by atoms with van der Waals surface area (Å²) in [5.41, 5.74) is 0.871. The molecule has 0 aromatic carbocycles. The number of carbonyl (C=O) groups is 2. The van der Waals surface area contributed by atoms with Crippen molar-refractivity contribution < 1.29 is 14.3 Å². The highest BCUT2D eigenvalue weighted by atomic mass is 16.5. The van der Waals surface area contributed by atoms with E-state index in [4.69, 9.17) is 4.74 Å². The quantitative estimate of drug-likeness (QED) is 0.502. The number of nitrogens with zero attached hydrogens (tertiary/aromatic N) is 1. The molecule has 1 aromatic rings. The first-order valence-electron chi connectivity index (χ1n) is 8.49. The number of hydrogen-bond donors (Lipinski definition) is 1. The van der Waals surface area contributed by atoms with Crippen LogP contribution in [0.4, 0.5) is 0 Å². The van der Waals surface area contributed by atoms with Gasteiger partial charge in [0.25, 0.3) is 0 Å². The molecule has 1 rings (SSSR count). The summed E-state index contributed by atoms with van der Waals surface area (Å²) >= 11 is 0. The Hall–Kier alpha value is -1.91. The van der Waals surface area contributed by atoms with Gasteiger partial charge in [-0.15, -0.1) is 0 Å². The minimum Gasteiger partial charge on any atom is -0.461 e. The molecule has 0 radical (unpaired) electrons. The van der Waals surface area contributed by atoms with Gasteiger partial charge < -0.3 is 10.1 Å². The largest absolute Gasteiger partial charge is 0.461 e. The van der Waals surface area contributed by atoms with Crippen molar-refractivity contribution in [3.05, 3.63) is 30.1 Å². The van der Waals surface area contributed by atoms with Crippen LogP contribution in [0.2, 0.25) is 0 Å². The third-order valence-corrected chi connectivity index (χ3v) is 3.62. The second-order valence-electron chi connectivity index (χ2n) is 5.69. The topological polar surface area (TPSA) is 68.3 Å². The Balaban J connectivity index is 2.15. The third-order valence-electron chi connectivity index (χ3n) is 3.62. The van der Waals surface area contributed by atoms with Crippen molar-refractivity contribution in [1.29, 1.82) is 0 Å². The van der Waals surface area contributed by atoms with Gasteiger partial charge in [0, 0.05) is 36.8 Å². The molecule has 0 atom stereocenters. The number of esters is 1. The Bertz CT molecular complexity index is 457. The molecule has 0 unspecified atom stereocenters. The number of rotatable bonds is 11. The van der Waals surface area contributed by atoms with Crippen LogP contribution in [0.5, 0.6) is 0 Å². The van der Waals surface area contributed by atoms with Crippen molar-refractivity contribution in [2.75, 3.05) is 6.54 Å². The van der Waals surface area contributed by atoms with Crippen molar-refractivity contribution in [3.63, 3.8) is 0 Å². The monoisotopic (exact) mass is 320 g/mol. The second kappa shape index (κ2) is 11.6. The summed E-state index contributed by atoms with van der Waals surface area (Å²) in [6.45, 7) is 4.95. The van der Waals surface area contributed by atoms with Gasteiger partial charge in [0.15, 0.2) is 0 Å². The Morgan fingerprint density at radius 2 is 2.00 bits per heavy atom. The molecule has 23 heavy (non-hydrogen) atoms. The van der Waals surface area contributed by atoms with E-state index in [-0.39, 0.29) is 24.4 Å². The van der Waals surface area contributed by atoms with Crippen LogP contribution >= 0.6 is 0 Å². The van der Waals surface area contributed by atoms with E-state index < -0.39 is 0 Å². The Labute approximate surface area is 138 Å². The highest BCUT2D eigenvalue weighted by molar-refractivity contribution is 5.78. The molecule has 1 N–H and O–H groups in total. The fraction of sp³-hybridized carbons (Fsp3) is 0.611. The summed E-state index contributed by atoms with van der Waals surface area (Å²) in [7, 11) is 0.